The Labute approximate surface area is 453 Å². The lowest BCUT2D eigenvalue weighted by atomic mass is 9.87. The van der Waals surface area contributed by atoms with Crippen molar-refractivity contribution in [3.63, 3.8) is 0 Å². The van der Waals surface area contributed by atoms with Gasteiger partial charge in [-0.05, 0) is 6.42 Å². The largest absolute Gasteiger partial charge is 0.471 e. The highest BCUT2D eigenvalue weighted by Gasteiger charge is 2.64. The van der Waals surface area contributed by atoms with E-state index < -0.39 is 202 Å². The molecule has 3 heterocycles. The molecule has 0 spiro atoms. The van der Waals surface area contributed by atoms with Crippen LogP contribution in [0.3, 0.4) is 0 Å². The van der Waals surface area contributed by atoms with E-state index in [9.17, 15) is 75.8 Å². The van der Waals surface area contributed by atoms with Crippen LogP contribution in [0.2, 0.25) is 0 Å². The van der Waals surface area contributed by atoms with E-state index in [2.05, 4.69) is 11.9 Å². The van der Waals surface area contributed by atoms with Crippen molar-refractivity contribution in [1.82, 2.24) is 10.6 Å². The minimum atomic E-state index is -5.74. The summed E-state index contributed by atoms with van der Waals surface area (Å²) in [4.78, 5) is 154. The van der Waals surface area contributed by atoms with E-state index in [1.54, 1.807) is 0 Å². The predicted octanol–water partition coefficient (Wildman–Crippen LogP) is -1.37. The van der Waals surface area contributed by atoms with Crippen molar-refractivity contribution in [2.75, 3.05) is 26.9 Å². The third kappa shape index (κ3) is 19.6. The number of ether oxygens (including phenoxy) is 15. The Bertz CT molecular complexity index is 2300. The fourth-order valence-electron chi connectivity index (χ4n) is 8.32. The van der Waals surface area contributed by atoms with E-state index >= 15 is 0 Å². The van der Waals surface area contributed by atoms with Gasteiger partial charge >= 0.3 is 71.8 Å². The highest BCUT2D eigenvalue weighted by atomic mass is 19.4. The monoisotopic (exact) mass is 1160 g/mol. The van der Waals surface area contributed by atoms with Gasteiger partial charge < -0.3 is 86.8 Å². The quantitative estimate of drug-likeness (QED) is 0.0570. The third-order valence-electron chi connectivity index (χ3n) is 11.2. The molecule has 450 valence electrons. The number of aliphatic hydroxyl groups excluding tert-OH is 1. The lowest BCUT2D eigenvalue weighted by molar-refractivity contribution is -0.382. The van der Waals surface area contributed by atoms with E-state index in [0.717, 1.165) is 62.3 Å². The Balaban J connectivity index is 2.49. The number of amides is 2. The van der Waals surface area contributed by atoms with Crippen LogP contribution < -0.4 is 10.6 Å². The molecule has 0 saturated carbocycles. The second-order valence-corrected chi connectivity index (χ2v) is 17.7. The van der Waals surface area contributed by atoms with Crippen LogP contribution in [0.1, 0.15) is 81.6 Å². The molecule has 16 atom stereocenters. The number of nitrogens with one attached hydrogen (secondary N) is 2. The minimum Gasteiger partial charge on any atom is -0.465 e. The summed E-state index contributed by atoms with van der Waals surface area (Å²) in [5.74, 6) is -19.1. The summed E-state index contributed by atoms with van der Waals surface area (Å²) >= 11 is 0. The Morgan fingerprint density at radius 3 is 1.70 bits per heavy atom. The van der Waals surface area contributed by atoms with Gasteiger partial charge in [0.15, 0.2) is 43.0 Å². The Morgan fingerprint density at radius 1 is 0.662 bits per heavy atom. The molecule has 30 nitrogen and oxygen atoms in total. The van der Waals surface area contributed by atoms with Gasteiger partial charge in [0.1, 0.15) is 62.5 Å². The molecular formula is C47H63F3N2O28. The Hall–Kier alpha value is -7.07. The van der Waals surface area contributed by atoms with Crippen molar-refractivity contribution >= 4 is 71.5 Å². The average molecular weight is 1160 g/mol. The highest BCUT2D eigenvalue weighted by molar-refractivity contribution is 5.83. The Morgan fingerprint density at radius 2 is 1.20 bits per heavy atom. The normalized spacial score (nSPS) is 29.0. The number of hydrogen-bond donors (Lipinski definition) is 3. The number of methoxy groups -OCH3 is 1. The van der Waals surface area contributed by atoms with Gasteiger partial charge in [-0.3, -0.25) is 52.7 Å². The fourth-order valence-corrected chi connectivity index (χ4v) is 8.32. The molecule has 33 heteroatoms. The maximum atomic E-state index is 14.5. The van der Waals surface area contributed by atoms with E-state index in [-0.39, 0.29) is 12.8 Å². The average Bonchev–Trinajstić information content (AvgIpc) is 3.33. The summed E-state index contributed by atoms with van der Waals surface area (Å²) in [6.07, 6.45) is -36.2. The van der Waals surface area contributed by atoms with Gasteiger partial charge in [-0.2, -0.15) is 13.2 Å². The molecule has 3 aliphatic rings. The smallest absolute Gasteiger partial charge is 0.465 e. The van der Waals surface area contributed by atoms with Crippen LogP contribution in [0.25, 0.3) is 0 Å². The summed E-state index contributed by atoms with van der Waals surface area (Å²) < 4.78 is 127. The molecule has 0 aliphatic carbocycles. The second kappa shape index (κ2) is 29.9. The number of carbonyl (C=O) groups excluding carboxylic acids is 12. The van der Waals surface area contributed by atoms with E-state index in [4.69, 9.17) is 71.1 Å². The van der Waals surface area contributed by atoms with E-state index in [0.29, 0.717) is 7.11 Å². The number of esters is 10. The summed E-state index contributed by atoms with van der Waals surface area (Å²) in [5, 5.41) is 16.2. The zero-order valence-electron chi connectivity index (χ0n) is 44.8. The number of rotatable bonds is 24. The lowest BCUT2D eigenvalue weighted by Crippen LogP contribution is -2.72. The molecule has 3 N–H and O–H groups in total. The van der Waals surface area contributed by atoms with Crippen LogP contribution in [0.5, 0.6) is 0 Å². The molecule has 3 rings (SSSR count). The van der Waals surface area contributed by atoms with Crippen LogP contribution in [0.15, 0.2) is 12.7 Å². The van der Waals surface area contributed by atoms with Crippen LogP contribution in [-0.4, -0.2) is 207 Å². The number of alkyl halides is 3. The van der Waals surface area contributed by atoms with E-state index in [1.165, 1.54) is 11.4 Å². The molecular weight excluding hydrogens is 1100 g/mol. The van der Waals surface area contributed by atoms with Crippen LogP contribution in [0.4, 0.5) is 13.2 Å². The highest BCUT2D eigenvalue weighted by Crippen LogP contribution is 2.42. The van der Waals surface area contributed by atoms with Crippen LogP contribution in [-0.2, 0) is 129 Å². The Kier molecular flexibility index (Phi) is 25.2. The molecule has 0 aromatic rings. The molecule has 0 bridgehead atoms. The molecule has 3 fully saturated rings. The maximum Gasteiger partial charge on any atom is 0.471 e. The van der Waals surface area contributed by atoms with E-state index in [1.807, 2.05) is 0 Å². The molecule has 2 amide bonds. The van der Waals surface area contributed by atoms with Crippen molar-refractivity contribution in [1.29, 1.82) is 0 Å². The van der Waals surface area contributed by atoms with Gasteiger partial charge in [0.05, 0.1) is 19.6 Å². The van der Waals surface area contributed by atoms with Gasteiger partial charge in [-0.15, -0.1) is 6.58 Å². The van der Waals surface area contributed by atoms with Crippen molar-refractivity contribution in [2.24, 2.45) is 0 Å². The molecule has 0 radical (unpaired) electrons. The van der Waals surface area contributed by atoms with Gasteiger partial charge in [-0.25, -0.2) is 4.79 Å². The summed E-state index contributed by atoms with van der Waals surface area (Å²) in [6.45, 7) is 8.21. The second-order valence-electron chi connectivity index (χ2n) is 17.7. The third-order valence-corrected chi connectivity index (χ3v) is 11.2. The van der Waals surface area contributed by atoms with Crippen molar-refractivity contribution in [3.8, 4) is 0 Å². The zero-order chi connectivity index (χ0) is 60.6. The molecule has 0 aromatic heterocycles. The fraction of sp³-hybridized carbons (Fsp3) is 0.702. The van der Waals surface area contributed by atoms with Crippen LogP contribution >= 0.6 is 0 Å². The van der Waals surface area contributed by atoms with Crippen molar-refractivity contribution < 1.29 is 147 Å². The maximum absolute atomic E-state index is 14.5. The zero-order valence-corrected chi connectivity index (χ0v) is 44.8. The molecule has 80 heavy (non-hydrogen) atoms. The first-order valence-corrected chi connectivity index (χ1v) is 24.0. The number of carbonyl (C=O) groups is 12. The van der Waals surface area contributed by atoms with Gasteiger partial charge in [0.2, 0.25) is 5.91 Å². The summed E-state index contributed by atoms with van der Waals surface area (Å²) in [5.41, 5.74) is 0. The lowest BCUT2D eigenvalue weighted by Gasteiger charge is -2.52. The molecule has 3 saturated heterocycles. The van der Waals surface area contributed by atoms with Gasteiger partial charge in [0.25, 0.3) is 5.79 Å². The molecule has 0 aromatic carbocycles. The number of aliphatic hydroxyl groups is 1. The topological polar surface area (TPSA) is 388 Å². The first-order chi connectivity index (χ1) is 37.2. The SMILES string of the molecule is C=CCCC(=O)N[C@@H]1O[C@H](COC(C)=O)[C@@H](O[C@@H]2O[C@H](COC(C)=O)[C@H](O)[C@H](O[C@]3(C(=O)OC)C[C@H](OC(C)=O)[C@@H](NC(=O)C(F)(F)F)[C@H]([C@H](OC(C)=O)[C@@H](COC(C)=O)OC(C)=O)O3)[C@H]2OC(C)=O)[C@H](OC(C)=O)[C@H]1OC(C)=O. The first-order valence-electron chi connectivity index (χ1n) is 24.0. The van der Waals surface area contributed by atoms with Crippen LogP contribution in [0, 0.1) is 0 Å². The minimum absolute atomic E-state index is 0.132. The van der Waals surface area contributed by atoms with Crippen molar-refractivity contribution in [2.45, 2.75) is 185 Å². The first kappa shape index (κ1) is 67.2. The standard InChI is InChI=1S/C47H63F3N2O28/c1-12-13-14-32(62)51-42-40(74-26(9)60)39(73-25(8)59)36(31(76-42)18-69-21(4)55)78-43-41(75-27(10)61)38(34(63)29(77-43)16-67-19(2)53)80-46(45(65)66-11)15-28(70-22(5)56)33(52-44(64)47(48,49)50)37(79-46)35(72-24(7)58)30(71-23(6)57)17-68-20(3)54/h12,28-31,33-43,63H,1,13-18H2,2-11H3,(H,51,62)(H,52,64)/t28-,29+,30+,31+,33+,34-,35+,36+,37+,38-,39-,40+,41+,42+,43-,46-/m0/s1. The molecule has 3 aliphatic heterocycles. The van der Waals surface area contributed by atoms with Gasteiger partial charge in [-0.1, -0.05) is 6.08 Å². The summed E-state index contributed by atoms with van der Waals surface area (Å²) in [7, 11) is 0.686. The van der Waals surface area contributed by atoms with Crippen molar-refractivity contribution in [3.05, 3.63) is 12.7 Å². The molecule has 0 unspecified atom stereocenters. The summed E-state index contributed by atoms with van der Waals surface area (Å²) in [6, 6.07) is -2.45. The number of allylic oxidation sites excluding steroid dienone is 1. The number of hydrogen-bond acceptors (Lipinski definition) is 28. The number of halogens is 3. The predicted molar refractivity (Wildman–Crippen MR) is 246 cm³/mol. The van der Waals surface area contributed by atoms with Gasteiger partial charge in [0, 0.05) is 68.7 Å².